The van der Waals surface area contributed by atoms with E-state index >= 15 is 0 Å². The van der Waals surface area contributed by atoms with Gasteiger partial charge in [-0.05, 0) is 12.1 Å². The van der Waals surface area contributed by atoms with Gasteiger partial charge in [0.25, 0.3) is 5.91 Å². The lowest BCUT2D eigenvalue weighted by atomic mass is 10.1. The summed E-state index contributed by atoms with van der Waals surface area (Å²) in [6.07, 6.45) is 2.70. The molecule has 0 spiro atoms. The number of methoxy groups -OCH3 is 1. The van der Waals surface area contributed by atoms with E-state index in [1.165, 1.54) is 36.3 Å². The third-order valence-electron chi connectivity index (χ3n) is 2.65. The van der Waals surface area contributed by atoms with Gasteiger partial charge in [-0.25, -0.2) is 0 Å². The Morgan fingerprint density at radius 3 is 2.86 bits per heavy atom. The number of rotatable bonds is 5. The van der Waals surface area contributed by atoms with Crippen LogP contribution in [0.1, 0.15) is 10.4 Å². The smallest absolute Gasteiger partial charge is 0.325 e. The monoisotopic (exact) mass is 291 g/mol. The Balaban J connectivity index is 2.15. The number of nitrogens with zero attached hydrogens (tertiary/aromatic N) is 2. The second kappa shape index (κ2) is 5.95. The second-order valence-corrected chi connectivity index (χ2v) is 4.13. The van der Waals surface area contributed by atoms with Crippen molar-refractivity contribution < 1.29 is 24.5 Å². The zero-order valence-electron chi connectivity index (χ0n) is 11.1. The molecule has 8 heteroatoms. The highest BCUT2D eigenvalue weighted by molar-refractivity contribution is 6.06. The van der Waals surface area contributed by atoms with Crippen LogP contribution in [0.5, 0.6) is 11.5 Å². The summed E-state index contributed by atoms with van der Waals surface area (Å²) in [6.45, 7) is -0.305. The van der Waals surface area contributed by atoms with Crippen molar-refractivity contribution in [2.75, 3.05) is 12.4 Å². The van der Waals surface area contributed by atoms with E-state index in [0.29, 0.717) is 5.69 Å². The van der Waals surface area contributed by atoms with Crippen LogP contribution < -0.4 is 10.1 Å². The summed E-state index contributed by atoms with van der Waals surface area (Å²) in [5.41, 5.74) is 0.365. The molecule has 0 saturated carbocycles. The van der Waals surface area contributed by atoms with E-state index in [9.17, 15) is 14.7 Å². The van der Waals surface area contributed by atoms with Crippen molar-refractivity contribution in [3.05, 3.63) is 36.2 Å². The van der Waals surface area contributed by atoms with Crippen LogP contribution in [0.15, 0.2) is 30.6 Å². The molecule has 0 saturated heterocycles. The van der Waals surface area contributed by atoms with E-state index in [4.69, 9.17) is 9.84 Å². The molecule has 0 radical (unpaired) electrons. The van der Waals surface area contributed by atoms with Gasteiger partial charge in [0.15, 0.2) is 11.5 Å². The highest BCUT2D eigenvalue weighted by Gasteiger charge is 2.15. The summed E-state index contributed by atoms with van der Waals surface area (Å²) < 4.78 is 6.09. The maximum absolute atomic E-state index is 12.1. The van der Waals surface area contributed by atoms with Crippen molar-refractivity contribution in [3.8, 4) is 11.5 Å². The van der Waals surface area contributed by atoms with Crippen molar-refractivity contribution in [1.82, 2.24) is 9.78 Å². The van der Waals surface area contributed by atoms with Crippen LogP contribution in [0.25, 0.3) is 0 Å². The zero-order valence-corrected chi connectivity index (χ0v) is 11.1. The Morgan fingerprint density at radius 2 is 2.19 bits per heavy atom. The lowest BCUT2D eigenvalue weighted by molar-refractivity contribution is -0.137. The average molecular weight is 291 g/mol. The van der Waals surface area contributed by atoms with Crippen LogP contribution in [0.4, 0.5) is 5.69 Å². The van der Waals surface area contributed by atoms with Crippen LogP contribution in [-0.4, -0.2) is 39.0 Å². The normalized spacial score (nSPS) is 10.1. The summed E-state index contributed by atoms with van der Waals surface area (Å²) in [5.74, 6) is -1.68. The number of benzene rings is 1. The first-order valence-corrected chi connectivity index (χ1v) is 5.93. The number of carbonyl (C=O) groups is 2. The number of aromatic nitrogens is 2. The topological polar surface area (TPSA) is 114 Å². The number of nitrogens with one attached hydrogen (secondary N) is 1. The highest BCUT2D eigenvalue weighted by atomic mass is 16.5. The average Bonchev–Trinajstić information content (AvgIpc) is 2.85. The standard InChI is InChI=1S/C13H13N3O5/c1-21-10-4-2-3-9(12(10)19)13(20)15-8-5-14-16(6-8)7-11(17)18/h2-6,19H,7H2,1H3,(H,15,20)(H,17,18). The predicted molar refractivity (Wildman–Crippen MR) is 72.5 cm³/mol. The van der Waals surface area contributed by atoms with Crippen LogP contribution in [0, 0.1) is 0 Å². The molecule has 2 aromatic rings. The SMILES string of the molecule is COc1cccc(C(=O)Nc2cnn(CC(=O)O)c2)c1O. The molecule has 3 N–H and O–H groups in total. The maximum Gasteiger partial charge on any atom is 0.325 e. The minimum absolute atomic E-state index is 0.0420. The first kappa shape index (κ1) is 14.4. The summed E-state index contributed by atoms with van der Waals surface area (Å²) in [6, 6.07) is 4.53. The Labute approximate surface area is 119 Å². The van der Waals surface area contributed by atoms with Crippen molar-refractivity contribution in [1.29, 1.82) is 0 Å². The van der Waals surface area contributed by atoms with Gasteiger partial charge in [-0.15, -0.1) is 0 Å². The Bertz CT molecular complexity index is 680. The van der Waals surface area contributed by atoms with E-state index in [2.05, 4.69) is 10.4 Å². The summed E-state index contributed by atoms with van der Waals surface area (Å²) >= 11 is 0. The number of anilines is 1. The molecule has 21 heavy (non-hydrogen) atoms. The van der Waals surface area contributed by atoms with Gasteiger partial charge >= 0.3 is 5.97 Å². The molecule has 0 bridgehead atoms. The Morgan fingerprint density at radius 1 is 1.43 bits per heavy atom. The van der Waals surface area contributed by atoms with Crippen LogP contribution in [-0.2, 0) is 11.3 Å². The van der Waals surface area contributed by atoms with Gasteiger partial charge in [-0.2, -0.15) is 5.10 Å². The zero-order chi connectivity index (χ0) is 15.4. The third kappa shape index (κ3) is 3.30. The number of ether oxygens (including phenoxy) is 1. The molecule has 0 aliphatic rings. The van der Waals surface area contributed by atoms with Gasteiger partial charge in [-0.3, -0.25) is 14.3 Å². The number of carboxylic acids is 1. The fourth-order valence-electron chi connectivity index (χ4n) is 1.72. The van der Waals surface area contributed by atoms with Gasteiger partial charge in [0.1, 0.15) is 6.54 Å². The molecule has 1 heterocycles. The molecule has 1 aromatic carbocycles. The van der Waals surface area contributed by atoms with Crippen LogP contribution in [0.2, 0.25) is 0 Å². The van der Waals surface area contributed by atoms with E-state index in [0.717, 1.165) is 0 Å². The van der Waals surface area contributed by atoms with Gasteiger partial charge in [0, 0.05) is 6.20 Å². The number of amides is 1. The maximum atomic E-state index is 12.1. The molecule has 0 unspecified atom stereocenters. The second-order valence-electron chi connectivity index (χ2n) is 4.13. The molecule has 1 amide bonds. The molecular weight excluding hydrogens is 278 g/mol. The number of phenols is 1. The van der Waals surface area contributed by atoms with E-state index in [-0.39, 0.29) is 23.6 Å². The van der Waals surface area contributed by atoms with Crippen LogP contribution >= 0.6 is 0 Å². The van der Waals surface area contributed by atoms with E-state index < -0.39 is 11.9 Å². The van der Waals surface area contributed by atoms with Gasteiger partial charge in [0.2, 0.25) is 0 Å². The molecule has 0 fully saturated rings. The Kier molecular flexibility index (Phi) is 4.07. The molecule has 8 nitrogen and oxygen atoms in total. The molecule has 2 rings (SSSR count). The first-order chi connectivity index (χ1) is 10.0. The summed E-state index contributed by atoms with van der Waals surface area (Å²) in [4.78, 5) is 22.6. The van der Waals surface area contributed by atoms with Crippen LogP contribution in [0.3, 0.4) is 0 Å². The van der Waals surface area contributed by atoms with Gasteiger partial charge in [-0.1, -0.05) is 6.07 Å². The van der Waals surface area contributed by atoms with Gasteiger partial charge < -0.3 is 20.3 Å². The van der Waals surface area contributed by atoms with E-state index in [1.807, 2.05) is 0 Å². The third-order valence-corrected chi connectivity index (χ3v) is 2.65. The highest BCUT2D eigenvalue weighted by Crippen LogP contribution is 2.29. The number of carboxylic acid groups (broad SMARTS) is 1. The molecule has 1 aromatic heterocycles. The van der Waals surface area contributed by atoms with Crippen molar-refractivity contribution >= 4 is 17.6 Å². The molecule has 110 valence electrons. The molecule has 0 atom stereocenters. The largest absolute Gasteiger partial charge is 0.504 e. The predicted octanol–water partition coefficient (Wildman–Crippen LogP) is 0.934. The minimum Gasteiger partial charge on any atom is -0.504 e. The molecule has 0 aliphatic carbocycles. The Hall–Kier alpha value is -3.03. The number of para-hydroxylation sites is 1. The quantitative estimate of drug-likeness (QED) is 0.755. The summed E-state index contributed by atoms with van der Waals surface area (Å²) in [5, 5.41) is 24.8. The summed E-state index contributed by atoms with van der Waals surface area (Å²) in [7, 11) is 1.38. The lowest BCUT2D eigenvalue weighted by Crippen LogP contribution is -2.12. The number of aliphatic carboxylic acids is 1. The number of carbonyl (C=O) groups excluding carboxylic acids is 1. The number of phenolic OH excluding ortho intramolecular Hbond substituents is 1. The number of hydrogen-bond donors (Lipinski definition) is 3. The molecular formula is C13H13N3O5. The van der Waals surface area contributed by atoms with Crippen molar-refractivity contribution in [2.45, 2.75) is 6.54 Å². The fraction of sp³-hybridized carbons (Fsp3) is 0.154. The minimum atomic E-state index is -1.04. The lowest BCUT2D eigenvalue weighted by Gasteiger charge is -2.08. The molecule has 0 aliphatic heterocycles. The van der Waals surface area contributed by atoms with E-state index in [1.54, 1.807) is 6.07 Å². The van der Waals surface area contributed by atoms with Crippen molar-refractivity contribution in [3.63, 3.8) is 0 Å². The fourth-order valence-corrected chi connectivity index (χ4v) is 1.72. The number of aromatic hydroxyl groups is 1. The van der Waals surface area contributed by atoms with Crippen molar-refractivity contribution in [2.24, 2.45) is 0 Å². The van der Waals surface area contributed by atoms with Gasteiger partial charge in [0.05, 0.1) is 24.6 Å². The first-order valence-electron chi connectivity index (χ1n) is 5.93. The number of hydrogen-bond acceptors (Lipinski definition) is 5.